The van der Waals surface area contributed by atoms with Gasteiger partial charge in [0, 0.05) is 0 Å². The molecule has 0 aromatic heterocycles. The Morgan fingerprint density at radius 3 is 1.41 bits per heavy atom. The van der Waals surface area contributed by atoms with Crippen LogP contribution in [0, 0.1) is 5.41 Å². The topological polar surface area (TPSA) is 0 Å². The van der Waals surface area contributed by atoms with Crippen molar-refractivity contribution in [3.05, 3.63) is 0 Å². The summed E-state index contributed by atoms with van der Waals surface area (Å²) >= 11 is 0. The molecule has 0 nitrogen and oxygen atoms in total. The number of hydrogen-bond acceptors (Lipinski definition) is 0. The fourth-order valence-corrected chi connectivity index (χ4v) is 2.94. The van der Waals surface area contributed by atoms with Crippen molar-refractivity contribution < 1.29 is 0 Å². The number of rotatable bonds is 12. The summed E-state index contributed by atoms with van der Waals surface area (Å²) in [5.74, 6) is 0. The van der Waals surface area contributed by atoms with Gasteiger partial charge in [0.2, 0.25) is 0 Å². The molecule has 0 bridgehead atoms. The molecule has 0 fully saturated rings. The van der Waals surface area contributed by atoms with Crippen molar-refractivity contribution in [3.8, 4) is 0 Å². The van der Waals surface area contributed by atoms with Crippen LogP contribution in [0.15, 0.2) is 0 Å². The molecule has 0 aliphatic rings. The van der Waals surface area contributed by atoms with Gasteiger partial charge in [-0.1, -0.05) is 85.5 Å². The van der Waals surface area contributed by atoms with E-state index in [-0.39, 0.29) is 0 Å². The monoisotopic (exact) mass is 240 g/mol. The van der Waals surface area contributed by atoms with Gasteiger partial charge in [0.15, 0.2) is 0 Å². The van der Waals surface area contributed by atoms with Gasteiger partial charge in [0.25, 0.3) is 0 Å². The fraction of sp³-hybridized carbons (Fsp3) is 1.00. The molecule has 0 saturated heterocycles. The van der Waals surface area contributed by atoms with E-state index in [0.717, 1.165) is 0 Å². The van der Waals surface area contributed by atoms with Crippen LogP contribution in [0.2, 0.25) is 0 Å². The lowest BCUT2D eigenvalue weighted by Gasteiger charge is -2.33. The van der Waals surface area contributed by atoms with E-state index in [1.165, 1.54) is 77.0 Å². The first-order chi connectivity index (χ1) is 8.24. The highest BCUT2D eigenvalue weighted by atomic mass is 14.3. The van der Waals surface area contributed by atoms with Crippen LogP contribution < -0.4 is 0 Å². The molecule has 17 heavy (non-hydrogen) atoms. The van der Waals surface area contributed by atoms with Gasteiger partial charge in [-0.2, -0.15) is 0 Å². The average Bonchev–Trinajstić information content (AvgIpc) is 2.37. The molecule has 104 valence electrons. The molecule has 0 aromatic carbocycles. The van der Waals surface area contributed by atoms with Crippen LogP contribution in [0.3, 0.4) is 0 Å². The number of hydrogen-bond donors (Lipinski definition) is 0. The van der Waals surface area contributed by atoms with Gasteiger partial charge < -0.3 is 0 Å². The zero-order valence-corrected chi connectivity index (χ0v) is 13.0. The lowest BCUT2D eigenvalue weighted by Crippen LogP contribution is -2.20. The van der Waals surface area contributed by atoms with Crippen LogP contribution in [-0.2, 0) is 0 Å². The number of unbranched alkanes of at least 4 members (excludes halogenated alkanes) is 5. The first-order valence-electron chi connectivity index (χ1n) is 8.24. The van der Waals surface area contributed by atoms with Crippen LogP contribution >= 0.6 is 0 Å². The van der Waals surface area contributed by atoms with Crippen molar-refractivity contribution in [3.63, 3.8) is 0 Å². The second-order valence-corrected chi connectivity index (χ2v) is 5.87. The van der Waals surface area contributed by atoms with Crippen LogP contribution in [0.1, 0.15) is 105 Å². The van der Waals surface area contributed by atoms with Crippen molar-refractivity contribution in [1.29, 1.82) is 0 Å². The maximum absolute atomic E-state index is 2.42. The van der Waals surface area contributed by atoms with Crippen molar-refractivity contribution >= 4 is 0 Å². The molecule has 0 aromatic rings. The summed E-state index contributed by atoms with van der Waals surface area (Å²) < 4.78 is 0. The normalized spacial score (nSPS) is 12.0. The van der Waals surface area contributed by atoms with E-state index in [9.17, 15) is 0 Å². The summed E-state index contributed by atoms with van der Waals surface area (Å²) in [6.45, 7) is 9.39. The Bertz CT molecular complexity index is 140. The minimum absolute atomic E-state index is 0.694. The van der Waals surface area contributed by atoms with Gasteiger partial charge in [0.1, 0.15) is 0 Å². The van der Waals surface area contributed by atoms with Crippen molar-refractivity contribution in [2.75, 3.05) is 0 Å². The molecule has 0 aliphatic carbocycles. The third-order valence-electron chi connectivity index (χ3n) is 4.43. The van der Waals surface area contributed by atoms with E-state index >= 15 is 0 Å². The van der Waals surface area contributed by atoms with Gasteiger partial charge >= 0.3 is 0 Å². The minimum atomic E-state index is 0.694. The summed E-state index contributed by atoms with van der Waals surface area (Å²) in [7, 11) is 0. The van der Waals surface area contributed by atoms with Gasteiger partial charge in [-0.15, -0.1) is 0 Å². The van der Waals surface area contributed by atoms with Gasteiger partial charge in [-0.05, 0) is 24.7 Å². The van der Waals surface area contributed by atoms with Crippen molar-refractivity contribution in [2.45, 2.75) is 105 Å². The second kappa shape index (κ2) is 11.1. The Kier molecular flexibility index (Phi) is 11.1. The molecule has 0 amide bonds. The van der Waals surface area contributed by atoms with Crippen molar-refractivity contribution in [2.24, 2.45) is 5.41 Å². The molecule has 0 saturated carbocycles. The minimum Gasteiger partial charge on any atom is -0.0654 e. The maximum atomic E-state index is 2.42. The van der Waals surface area contributed by atoms with Gasteiger partial charge in [0.05, 0.1) is 0 Å². The Morgan fingerprint density at radius 2 is 1.00 bits per heavy atom. The molecule has 0 radical (unpaired) electrons. The lowest BCUT2D eigenvalue weighted by molar-refractivity contribution is 0.189. The molecular weight excluding hydrogens is 204 g/mol. The summed E-state index contributed by atoms with van der Waals surface area (Å²) in [4.78, 5) is 0. The molecule has 0 rings (SSSR count). The largest absolute Gasteiger partial charge is 0.0654 e. The maximum Gasteiger partial charge on any atom is -0.0300 e. The zero-order valence-electron chi connectivity index (χ0n) is 13.0. The van der Waals surface area contributed by atoms with Crippen LogP contribution in [0.5, 0.6) is 0 Å². The predicted octanol–water partition coefficient (Wildman–Crippen LogP) is 6.73. The van der Waals surface area contributed by atoms with Crippen molar-refractivity contribution in [1.82, 2.24) is 0 Å². The Balaban J connectivity index is 4.12. The molecule has 0 atom stereocenters. The van der Waals surface area contributed by atoms with Gasteiger partial charge in [-0.25, -0.2) is 0 Å². The summed E-state index contributed by atoms with van der Waals surface area (Å²) in [6, 6.07) is 0. The summed E-state index contributed by atoms with van der Waals surface area (Å²) in [5.41, 5.74) is 0.694. The first kappa shape index (κ1) is 17.0. The van der Waals surface area contributed by atoms with Gasteiger partial charge in [-0.3, -0.25) is 0 Å². The zero-order chi connectivity index (χ0) is 13.0. The first-order valence-corrected chi connectivity index (χ1v) is 8.24. The third kappa shape index (κ3) is 7.84. The molecule has 0 spiro atoms. The Morgan fingerprint density at radius 1 is 0.529 bits per heavy atom. The summed E-state index contributed by atoms with van der Waals surface area (Å²) in [5, 5.41) is 0. The highest BCUT2D eigenvalue weighted by molar-refractivity contribution is 4.78. The highest BCUT2D eigenvalue weighted by Crippen LogP contribution is 2.39. The SMILES string of the molecule is CCCCCCC(CC)(CCCC)CCCC. The molecule has 0 heteroatoms. The Labute approximate surface area is 111 Å². The third-order valence-corrected chi connectivity index (χ3v) is 4.43. The van der Waals surface area contributed by atoms with Crippen LogP contribution in [0.25, 0.3) is 0 Å². The van der Waals surface area contributed by atoms with Crippen LogP contribution in [-0.4, -0.2) is 0 Å². The highest BCUT2D eigenvalue weighted by Gasteiger charge is 2.25. The molecule has 0 N–H and O–H groups in total. The fourth-order valence-electron chi connectivity index (χ4n) is 2.94. The molecular formula is C17H36. The smallest absolute Gasteiger partial charge is 0.0300 e. The van der Waals surface area contributed by atoms with E-state index in [1.807, 2.05) is 0 Å². The molecule has 0 heterocycles. The quantitative estimate of drug-likeness (QED) is 0.332. The predicted molar refractivity (Wildman–Crippen MR) is 80.5 cm³/mol. The van der Waals surface area contributed by atoms with E-state index < -0.39 is 0 Å². The second-order valence-electron chi connectivity index (χ2n) is 5.87. The van der Waals surface area contributed by atoms with E-state index in [2.05, 4.69) is 27.7 Å². The molecule has 0 aliphatic heterocycles. The average molecular weight is 240 g/mol. The van der Waals surface area contributed by atoms with Crippen LogP contribution in [0.4, 0.5) is 0 Å². The van der Waals surface area contributed by atoms with E-state index in [0.29, 0.717) is 5.41 Å². The summed E-state index contributed by atoms with van der Waals surface area (Å²) in [6.07, 6.45) is 17.2. The molecule has 0 unspecified atom stereocenters. The standard InChI is InChI=1S/C17H36/c1-5-9-12-13-16-17(8-4,14-10-6-2)15-11-7-3/h5-16H2,1-4H3. The van der Waals surface area contributed by atoms with E-state index in [1.54, 1.807) is 0 Å². The Hall–Kier alpha value is 0. The van der Waals surface area contributed by atoms with E-state index in [4.69, 9.17) is 0 Å². The lowest BCUT2D eigenvalue weighted by atomic mass is 9.72.